The number of thioether (sulfide) groups is 2. The highest BCUT2D eigenvalue weighted by atomic mass is 32.2. The number of aliphatic hydroxyl groups excluding tert-OH is 2. The fourth-order valence-electron chi connectivity index (χ4n) is 5.35. The molecule has 0 saturated heterocycles. The number of hydrogen-bond donors (Lipinski definition) is 3. The van der Waals surface area contributed by atoms with Gasteiger partial charge in [-0.05, 0) is 38.2 Å². The quantitative estimate of drug-likeness (QED) is 0.156. The Labute approximate surface area is 208 Å². The van der Waals surface area contributed by atoms with Crippen molar-refractivity contribution in [3.63, 3.8) is 0 Å². The van der Waals surface area contributed by atoms with Crippen LogP contribution in [0, 0.1) is 0 Å². The molecule has 1 aliphatic rings. The largest absolute Gasteiger partial charge is 0.393 e. The van der Waals surface area contributed by atoms with E-state index in [4.69, 9.17) is 0 Å². The smallest absolute Gasteiger partial charge is 0.0697 e. The minimum Gasteiger partial charge on any atom is -0.393 e. The maximum absolute atomic E-state index is 10.6. The van der Waals surface area contributed by atoms with Crippen LogP contribution in [0.1, 0.15) is 129 Å². The summed E-state index contributed by atoms with van der Waals surface area (Å²) in [5.41, 5.74) is -0.848. The molecule has 1 fully saturated rings. The zero-order valence-electron chi connectivity index (χ0n) is 21.4. The Morgan fingerprint density at radius 2 is 1.09 bits per heavy atom. The van der Waals surface area contributed by atoms with Gasteiger partial charge in [0.05, 0.1) is 17.8 Å². The molecular weight excluding hydrogens is 436 g/mol. The highest BCUT2D eigenvalue weighted by Gasteiger charge is 2.37. The van der Waals surface area contributed by atoms with Crippen molar-refractivity contribution in [1.29, 1.82) is 0 Å². The van der Waals surface area contributed by atoms with Crippen LogP contribution in [0.4, 0.5) is 0 Å². The van der Waals surface area contributed by atoms with Crippen LogP contribution in [-0.4, -0.2) is 56.1 Å². The van der Waals surface area contributed by atoms with Gasteiger partial charge in [0.15, 0.2) is 0 Å². The van der Waals surface area contributed by atoms with E-state index in [-0.39, 0.29) is 0 Å². The van der Waals surface area contributed by atoms with Gasteiger partial charge in [0.1, 0.15) is 0 Å². The first-order valence-electron chi connectivity index (χ1n) is 13.6. The summed E-state index contributed by atoms with van der Waals surface area (Å²) < 4.78 is 0. The molecule has 3 N–H and O–H groups in total. The lowest BCUT2D eigenvalue weighted by Crippen LogP contribution is -2.43. The van der Waals surface area contributed by atoms with Crippen molar-refractivity contribution in [2.24, 2.45) is 0 Å². The molecule has 0 aliphatic heterocycles. The van der Waals surface area contributed by atoms with Crippen LogP contribution in [0.15, 0.2) is 0 Å². The molecule has 3 nitrogen and oxygen atoms in total. The molecule has 1 aliphatic carbocycles. The fraction of sp³-hybridized carbons (Fsp3) is 1.00. The van der Waals surface area contributed by atoms with Crippen molar-refractivity contribution in [2.45, 2.75) is 157 Å². The van der Waals surface area contributed by atoms with Crippen molar-refractivity contribution in [3.05, 3.63) is 0 Å². The topological polar surface area (TPSA) is 60.7 Å². The van der Waals surface area contributed by atoms with Crippen LogP contribution < -0.4 is 0 Å². The summed E-state index contributed by atoms with van der Waals surface area (Å²) in [4.78, 5) is 0. The third-order valence-corrected chi connectivity index (χ3v) is 9.78. The molecule has 0 bridgehead atoms. The summed E-state index contributed by atoms with van der Waals surface area (Å²) in [6.45, 7) is 2.30. The van der Waals surface area contributed by atoms with E-state index in [1.807, 2.05) is 0 Å². The third kappa shape index (κ3) is 14.1. The maximum Gasteiger partial charge on any atom is 0.0697 e. The average Bonchev–Trinajstić information content (AvgIpc) is 2.74. The first-order chi connectivity index (χ1) is 15.4. The molecule has 192 valence electrons. The van der Waals surface area contributed by atoms with Crippen LogP contribution in [0.3, 0.4) is 0 Å². The molecule has 4 atom stereocenters. The molecule has 0 aromatic carbocycles. The lowest BCUT2D eigenvalue weighted by atomic mass is 9.78. The Morgan fingerprint density at radius 3 is 1.53 bits per heavy atom. The van der Waals surface area contributed by atoms with E-state index >= 15 is 0 Å². The van der Waals surface area contributed by atoms with Gasteiger partial charge in [0, 0.05) is 23.3 Å². The Kier molecular flexibility index (Phi) is 18.0. The van der Waals surface area contributed by atoms with E-state index in [1.54, 1.807) is 0 Å². The van der Waals surface area contributed by atoms with Gasteiger partial charge in [0.25, 0.3) is 0 Å². The van der Waals surface area contributed by atoms with Gasteiger partial charge >= 0.3 is 0 Å². The maximum atomic E-state index is 10.6. The molecule has 2 unspecified atom stereocenters. The van der Waals surface area contributed by atoms with Crippen molar-refractivity contribution >= 4 is 23.5 Å². The molecule has 1 rings (SSSR count). The summed E-state index contributed by atoms with van der Waals surface area (Å²) in [5, 5.41) is 31.8. The van der Waals surface area contributed by atoms with Gasteiger partial charge in [0.2, 0.25) is 0 Å². The highest BCUT2D eigenvalue weighted by Crippen LogP contribution is 2.33. The number of aliphatic hydroxyl groups is 3. The Balaban J connectivity index is 1.92. The van der Waals surface area contributed by atoms with Crippen LogP contribution in [0.2, 0.25) is 0 Å². The Bertz CT molecular complexity index is 425. The molecule has 1 saturated carbocycles. The summed E-state index contributed by atoms with van der Waals surface area (Å²) in [7, 11) is 0. The van der Waals surface area contributed by atoms with Gasteiger partial charge in [-0.1, -0.05) is 90.4 Å². The Hall–Kier alpha value is 0.580. The molecule has 32 heavy (non-hydrogen) atoms. The van der Waals surface area contributed by atoms with Crippen LogP contribution in [0.5, 0.6) is 0 Å². The van der Waals surface area contributed by atoms with Crippen molar-refractivity contribution < 1.29 is 15.3 Å². The van der Waals surface area contributed by atoms with E-state index < -0.39 is 17.8 Å². The molecule has 0 radical (unpaired) electrons. The Morgan fingerprint density at radius 1 is 0.688 bits per heavy atom. The molecule has 0 aromatic rings. The summed E-state index contributed by atoms with van der Waals surface area (Å²) in [6, 6.07) is 0. The first-order valence-corrected chi connectivity index (χ1v) is 16.2. The summed E-state index contributed by atoms with van der Waals surface area (Å²) >= 11 is 4.17. The van der Waals surface area contributed by atoms with Crippen molar-refractivity contribution in [3.8, 4) is 0 Å². The van der Waals surface area contributed by atoms with E-state index in [0.29, 0.717) is 19.3 Å². The second-order valence-corrected chi connectivity index (χ2v) is 12.4. The zero-order chi connectivity index (χ0) is 23.7. The molecule has 0 heterocycles. The summed E-state index contributed by atoms with van der Waals surface area (Å²) in [6.07, 6.45) is 25.3. The minimum atomic E-state index is -0.848. The van der Waals surface area contributed by atoms with E-state index in [0.717, 1.165) is 29.8 Å². The zero-order valence-corrected chi connectivity index (χ0v) is 23.0. The minimum absolute atomic E-state index is 0.415. The number of unbranched alkanes of at least 4 members (excludes halogenated alkanes) is 11. The average molecular weight is 491 g/mol. The monoisotopic (exact) mass is 490 g/mol. The van der Waals surface area contributed by atoms with Crippen molar-refractivity contribution in [2.75, 3.05) is 12.5 Å². The first kappa shape index (κ1) is 30.6. The van der Waals surface area contributed by atoms with Crippen LogP contribution in [-0.2, 0) is 0 Å². The highest BCUT2D eigenvalue weighted by molar-refractivity contribution is 8.03. The van der Waals surface area contributed by atoms with Crippen LogP contribution >= 0.6 is 23.5 Å². The van der Waals surface area contributed by atoms with E-state index in [2.05, 4.69) is 43.0 Å². The lowest BCUT2D eigenvalue weighted by molar-refractivity contribution is -0.0950. The van der Waals surface area contributed by atoms with Gasteiger partial charge < -0.3 is 15.3 Å². The second-order valence-electron chi connectivity index (χ2n) is 10.3. The molecular formula is C27H54O3S2. The van der Waals surface area contributed by atoms with Gasteiger partial charge in [-0.2, -0.15) is 23.5 Å². The predicted molar refractivity (Wildman–Crippen MR) is 145 cm³/mol. The number of rotatable bonds is 20. The molecule has 0 aromatic heterocycles. The lowest BCUT2D eigenvalue weighted by Gasteiger charge is -2.37. The van der Waals surface area contributed by atoms with E-state index in [1.165, 1.54) is 83.5 Å². The summed E-state index contributed by atoms with van der Waals surface area (Å²) in [5.74, 6) is 0. The molecule has 5 heteroatoms. The second kappa shape index (κ2) is 18.9. The third-order valence-electron chi connectivity index (χ3n) is 7.27. The molecule has 0 amide bonds. The SMILES string of the molecule is CCCCC(SC)C(CCCCCCCCCCCCCC1(O)C[C@@H](O)C[C@H](O)C1)SC. The van der Waals surface area contributed by atoms with Gasteiger partial charge in [-0.3, -0.25) is 0 Å². The van der Waals surface area contributed by atoms with Gasteiger partial charge in [-0.25, -0.2) is 0 Å². The van der Waals surface area contributed by atoms with Crippen molar-refractivity contribution in [1.82, 2.24) is 0 Å². The fourth-order valence-corrected chi connectivity index (χ4v) is 7.70. The standard InChI is InChI=1S/C27H54O3S2/c1-4-5-17-25(31-2)26(32-3)18-15-13-11-9-7-6-8-10-12-14-16-19-27(30)21-23(28)20-24(29)22-27/h23-26,28-30H,4-22H2,1-3H3/t23-,24-,25?,26?/m0/s1. The number of hydrogen-bond acceptors (Lipinski definition) is 5. The van der Waals surface area contributed by atoms with Gasteiger partial charge in [-0.15, -0.1) is 0 Å². The molecule has 0 spiro atoms. The predicted octanol–water partition coefficient (Wildman–Crippen LogP) is 7.35. The normalized spacial score (nSPS) is 25.7. The van der Waals surface area contributed by atoms with E-state index in [9.17, 15) is 15.3 Å². The van der Waals surface area contributed by atoms with Crippen LogP contribution in [0.25, 0.3) is 0 Å².